The van der Waals surface area contributed by atoms with E-state index in [-0.39, 0.29) is 0 Å². The highest BCUT2D eigenvalue weighted by molar-refractivity contribution is 4.86. The van der Waals surface area contributed by atoms with Crippen molar-refractivity contribution in [3.05, 3.63) is 0 Å². The highest BCUT2D eigenvalue weighted by Gasteiger charge is 2.29. The van der Waals surface area contributed by atoms with Crippen LogP contribution in [0.5, 0.6) is 0 Å². The lowest BCUT2D eigenvalue weighted by molar-refractivity contribution is 0.203. The Balaban J connectivity index is 0.000000396. The van der Waals surface area contributed by atoms with Gasteiger partial charge in [0.2, 0.25) is 0 Å². The van der Waals surface area contributed by atoms with Crippen molar-refractivity contribution in [2.24, 2.45) is 0 Å². The van der Waals surface area contributed by atoms with Crippen LogP contribution in [-0.4, -0.2) is 36.6 Å². The van der Waals surface area contributed by atoms with Crippen molar-refractivity contribution in [2.75, 3.05) is 19.6 Å². The minimum atomic E-state index is 0.769. The van der Waals surface area contributed by atoms with Crippen LogP contribution in [0.25, 0.3) is 0 Å². The summed E-state index contributed by atoms with van der Waals surface area (Å²) < 4.78 is 0. The van der Waals surface area contributed by atoms with Crippen LogP contribution in [0.3, 0.4) is 0 Å². The van der Waals surface area contributed by atoms with Crippen LogP contribution in [0, 0.1) is 0 Å². The molecule has 0 aliphatic carbocycles. The van der Waals surface area contributed by atoms with Crippen molar-refractivity contribution < 1.29 is 0 Å². The summed E-state index contributed by atoms with van der Waals surface area (Å²) in [7, 11) is 0. The summed E-state index contributed by atoms with van der Waals surface area (Å²) in [5.74, 6) is 0. The van der Waals surface area contributed by atoms with E-state index in [1.165, 1.54) is 38.9 Å². The lowest BCUT2D eigenvalue weighted by atomic mass is 10.1. The molecule has 2 heterocycles. The largest absolute Gasteiger partial charge is 0.315 e. The minimum Gasteiger partial charge on any atom is -0.315 e. The molecule has 13 heavy (non-hydrogen) atoms. The number of rotatable bonds is 0. The number of nitrogens with one attached hydrogen (secondary N) is 1. The normalized spacial score (nSPS) is 34.4. The zero-order chi connectivity index (χ0) is 9.68. The van der Waals surface area contributed by atoms with Gasteiger partial charge in [0.1, 0.15) is 0 Å². The summed E-state index contributed by atoms with van der Waals surface area (Å²) in [6.45, 7) is 10.1. The maximum absolute atomic E-state index is 3.48. The second-order valence-corrected chi connectivity index (χ2v) is 3.88. The maximum atomic E-state index is 3.48. The lowest BCUT2D eigenvalue weighted by Gasteiger charge is -2.27. The van der Waals surface area contributed by atoms with Gasteiger partial charge in [-0.05, 0) is 39.3 Å². The van der Waals surface area contributed by atoms with Crippen molar-refractivity contribution in [3.8, 4) is 0 Å². The molecule has 2 aliphatic rings. The molecule has 2 heteroatoms. The fraction of sp³-hybridized carbons (Fsp3) is 1.00. The third-order valence-electron chi connectivity index (χ3n) is 3.08. The first-order chi connectivity index (χ1) is 6.38. The van der Waals surface area contributed by atoms with Crippen LogP contribution in [0.2, 0.25) is 0 Å². The van der Waals surface area contributed by atoms with Gasteiger partial charge in [-0.25, -0.2) is 0 Å². The monoisotopic (exact) mass is 184 g/mol. The molecule has 0 aromatic rings. The Morgan fingerprint density at radius 1 is 1.23 bits per heavy atom. The van der Waals surface area contributed by atoms with Crippen molar-refractivity contribution >= 4 is 0 Å². The Morgan fingerprint density at radius 3 is 2.77 bits per heavy atom. The van der Waals surface area contributed by atoms with Crippen LogP contribution in [-0.2, 0) is 0 Å². The number of nitrogens with zero attached hydrogens (tertiary/aromatic N) is 1. The molecule has 0 amide bonds. The molecular weight excluding hydrogens is 160 g/mol. The predicted molar refractivity (Wildman–Crippen MR) is 58.0 cm³/mol. The standard InChI is InChI=1S/C9H18N2.C2H6/c1-8-7-10-5-4-9-3-2-6-11(8)9;1-2/h8-10H,2-7H2,1H3;1-2H3. The summed E-state index contributed by atoms with van der Waals surface area (Å²) in [6.07, 6.45) is 4.23. The summed E-state index contributed by atoms with van der Waals surface area (Å²) in [6, 6.07) is 1.67. The third kappa shape index (κ3) is 2.68. The van der Waals surface area contributed by atoms with E-state index in [9.17, 15) is 0 Å². The van der Waals surface area contributed by atoms with E-state index < -0.39 is 0 Å². The molecular formula is C11H24N2. The molecule has 2 rings (SSSR count). The van der Waals surface area contributed by atoms with Gasteiger partial charge in [-0.3, -0.25) is 4.90 Å². The molecule has 0 radical (unpaired) electrons. The molecule has 2 atom stereocenters. The van der Waals surface area contributed by atoms with Crippen molar-refractivity contribution in [2.45, 2.75) is 52.1 Å². The molecule has 2 saturated heterocycles. The molecule has 2 aliphatic heterocycles. The summed E-state index contributed by atoms with van der Waals surface area (Å²) >= 11 is 0. The fourth-order valence-corrected chi connectivity index (χ4v) is 2.45. The van der Waals surface area contributed by atoms with Gasteiger partial charge in [-0.1, -0.05) is 13.8 Å². The van der Waals surface area contributed by atoms with E-state index in [0.717, 1.165) is 12.1 Å². The summed E-state index contributed by atoms with van der Waals surface area (Å²) in [5, 5.41) is 3.48. The van der Waals surface area contributed by atoms with Crippen LogP contribution in [0.1, 0.15) is 40.0 Å². The van der Waals surface area contributed by atoms with Gasteiger partial charge in [0, 0.05) is 18.6 Å². The first-order valence-electron chi connectivity index (χ1n) is 5.84. The summed E-state index contributed by atoms with van der Waals surface area (Å²) in [5.41, 5.74) is 0. The highest BCUT2D eigenvalue weighted by Crippen LogP contribution is 2.23. The molecule has 1 N–H and O–H groups in total. The molecule has 0 aromatic heterocycles. The molecule has 78 valence electrons. The highest BCUT2D eigenvalue weighted by atomic mass is 15.2. The van der Waals surface area contributed by atoms with E-state index in [1.807, 2.05) is 13.8 Å². The number of hydrogen-bond acceptors (Lipinski definition) is 2. The second-order valence-electron chi connectivity index (χ2n) is 3.88. The Labute approximate surface area is 82.7 Å². The van der Waals surface area contributed by atoms with E-state index in [2.05, 4.69) is 17.1 Å². The topological polar surface area (TPSA) is 15.3 Å². The Kier molecular flexibility index (Phi) is 4.74. The molecule has 2 nitrogen and oxygen atoms in total. The van der Waals surface area contributed by atoms with E-state index in [4.69, 9.17) is 0 Å². The van der Waals surface area contributed by atoms with Gasteiger partial charge in [-0.15, -0.1) is 0 Å². The maximum Gasteiger partial charge on any atom is 0.0195 e. The van der Waals surface area contributed by atoms with Crippen LogP contribution in [0.4, 0.5) is 0 Å². The zero-order valence-electron chi connectivity index (χ0n) is 9.34. The van der Waals surface area contributed by atoms with E-state index >= 15 is 0 Å². The van der Waals surface area contributed by atoms with Crippen LogP contribution in [0.15, 0.2) is 0 Å². The van der Waals surface area contributed by atoms with Crippen molar-refractivity contribution in [3.63, 3.8) is 0 Å². The zero-order valence-corrected chi connectivity index (χ0v) is 9.34. The van der Waals surface area contributed by atoms with Gasteiger partial charge in [0.15, 0.2) is 0 Å². The van der Waals surface area contributed by atoms with Gasteiger partial charge in [0.05, 0.1) is 0 Å². The second kappa shape index (κ2) is 5.61. The number of hydrogen-bond donors (Lipinski definition) is 1. The smallest absolute Gasteiger partial charge is 0.0195 e. The number of fused-ring (bicyclic) bond motifs is 1. The molecule has 0 aromatic carbocycles. The van der Waals surface area contributed by atoms with Gasteiger partial charge in [0.25, 0.3) is 0 Å². The fourth-order valence-electron chi connectivity index (χ4n) is 2.45. The third-order valence-corrected chi connectivity index (χ3v) is 3.08. The molecule has 2 fully saturated rings. The van der Waals surface area contributed by atoms with Gasteiger partial charge in [-0.2, -0.15) is 0 Å². The van der Waals surface area contributed by atoms with Crippen LogP contribution >= 0.6 is 0 Å². The molecule has 0 spiro atoms. The average Bonchev–Trinajstić information content (AvgIpc) is 2.57. The molecule has 2 unspecified atom stereocenters. The predicted octanol–water partition coefficient (Wildman–Crippen LogP) is 1.86. The van der Waals surface area contributed by atoms with E-state index in [1.54, 1.807) is 0 Å². The lowest BCUT2D eigenvalue weighted by Crippen LogP contribution is -2.38. The average molecular weight is 184 g/mol. The Bertz CT molecular complexity index is 136. The quantitative estimate of drug-likeness (QED) is 0.618. The van der Waals surface area contributed by atoms with Gasteiger partial charge < -0.3 is 5.32 Å². The first-order valence-corrected chi connectivity index (χ1v) is 5.84. The SMILES string of the molecule is CC.CC1CNCCC2CCCN12. The minimum absolute atomic E-state index is 0.769. The van der Waals surface area contributed by atoms with Crippen LogP contribution < -0.4 is 5.32 Å². The summed E-state index contributed by atoms with van der Waals surface area (Å²) in [4.78, 5) is 2.68. The molecule has 0 bridgehead atoms. The van der Waals surface area contributed by atoms with Crippen molar-refractivity contribution in [1.29, 1.82) is 0 Å². The molecule has 0 saturated carbocycles. The van der Waals surface area contributed by atoms with Crippen molar-refractivity contribution in [1.82, 2.24) is 10.2 Å². The first kappa shape index (κ1) is 11.0. The Morgan fingerprint density at radius 2 is 2.00 bits per heavy atom. The Hall–Kier alpha value is -0.0800. The van der Waals surface area contributed by atoms with E-state index in [0.29, 0.717) is 0 Å². The van der Waals surface area contributed by atoms with Gasteiger partial charge >= 0.3 is 0 Å².